The summed E-state index contributed by atoms with van der Waals surface area (Å²) in [5.41, 5.74) is 6.24. The van der Waals surface area contributed by atoms with Crippen molar-refractivity contribution in [2.24, 2.45) is 5.73 Å². The van der Waals surface area contributed by atoms with E-state index in [4.69, 9.17) is 5.73 Å². The number of aryl methyl sites for hydroxylation is 1. The predicted octanol–water partition coefficient (Wildman–Crippen LogP) is 1.62. The quantitative estimate of drug-likeness (QED) is 0.827. The van der Waals surface area contributed by atoms with E-state index in [2.05, 4.69) is 0 Å². The number of nitrogens with two attached hydrogens (primary N) is 1. The molecule has 19 heavy (non-hydrogen) atoms. The van der Waals surface area contributed by atoms with Crippen LogP contribution in [0.4, 0.5) is 0 Å². The molecule has 0 aliphatic rings. The van der Waals surface area contributed by atoms with Crippen LogP contribution in [0.1, 0.15) is 25.8 Å². The highest BCUT2D eigenvalue weighted by Gasteiger charge is 2.33. The van der Waals surface area contributed by atoms with Gasteiger partial charge < -0.3 is 5.73 Å². The predicted molar refractivity (Wildman–Crippen MR) is 79.4 cm³/mol. The van der Waals surface area contributed by atoms with Gasteiger partial charge in [-0.3, -0.25) is 0 Å². The molecular weight excluding hydrogens is 260 g/mol. The number of sulfonamides is 1. The molecule has 0 heterocycles. The third-order valence-corrected chi connectivity index (χ3v) is 5.87. The summed E-state index contributed by atoms with van der Waals surface area (Å²) in [6.07, 6.45) is 1.22. The Kier molecular flexibility index (Phi) is 5.52. The Morgan fingerprint density at radius 3 is 2.32 bits per heavy atom. The minimum Gasteiger partial charge on any atom is -0.329 e. The van der Waals surface area contributed by atoms with E-state index in [0.717, 1.165) is 5.56 Å². The average Bonchev–Trinajstić information content (AvgIpc) is 2.44. The summed E-state index contributed by atoms with van der Waals surface area (Å²) in [6.45, 7) is 4.16. The van der Waals surface area contributed by atoms with Crippen molar-refractivity contribution >= 4 is 10.0 Å². The SMILES string of the molecule is CCC(C)(CN)N(C)S(=O)(=O)CCc1ccccc1. The number of hydrogen-bond acceptors (Lipinski definition) is 3. The van der Waals surface area contributed by atoms with Gasteiger partial charge in [-0.25, -0.2) is 8.42 Å². The van der Waals surface area contributed by atoms with Gasteiger partial charge in [0.2, 0.25) is 10.0 Å². The van der Waals surface area contributed by atoms with Crippen LogP contribution in [0.2, 0.25) is 0 Å². The van der Waals surface area contributed by atoms with Crippen LogP contribution in [0.25, 0.3) is 0 Å². The van der Waals surface area contributed by atoms with Gasteiger partial charge in [-0.05, 0) is 25.3 Å². The summed E-state index contributed by atoms with van der Waals surface area (Å²) < 4.78 is 26.1. The monoisotopic (exact) mass is 284 g/mol. The topological polar surface area (TPSA) is 63.4 Å². The summed E-state index contributed by atoms with van der Waals surface area (Å²) in [6, 6.07) is 9.64. The first-order valence-electron chi connectivity index (χ1n) is 6.56. The van der Waals surface area contributed by atoms with Crippen molar-refractivity contribution in [3.05, 3.63) is 35.9 Å². The zero-order chi connectivity index (χ0) is 14.5. The molecule has 0 fully saturated rings. The first kappa shape index (κ1) is 16.1. The maximum atomic E-state index is 12.3. The first-order chi connectivity index (χ1) is 8.85. The lowest BCUT2D eigenvalue weighted by atomic mass is 10.00. The summed E-state index contributed by atoms with van der Waals surface area (Å²) in [7, 11) is -1.67. The van der Waals surface area contributed by atoms with E-state index in [9.17, 15) is 8.42 Å². The van der Waals surface area contributed by atoms with Crippen LogP contribution >= 0.6 is 0 Å². The molecule has 1 aromatic carbocycles. The molecule has 0 aromatic heterocycles. The van der Waals surface area contributed by atoms with Gasteiger partial charge >= 0.3 is 0 Å². The zero-order valence-electron chi connectivity index (χ0n) is 12.0. The molecule has 1 aromatic rings. The highest BCUT2D eigenvalue weighted by atomic mass is 32.2. The first-order valence-corrected chi connectivity index (χ1v) is 8.17. The lowest BCUT2D eigenvalue weighted by Gasteiger charge is -2.36. The minimum atomic E-state index is -3.29. The molecule has 0 amide bonds. The Morgan fingerprint density at radius 2 is 1.84 bits per heavy atom. The second-order valence-electron chi connectivity index (χ2n) is 5.07. The largest absolute Gasteiger partial charge is 0.329 e. The maximum absolute atomic E-state index is 12.3. The number of nitrogens with zero attached hydrogens (tertiary/aromatic N) is 1. The fraction of sp³-hybridized carbons (Fsp3) is 0.571. The molecule has 2 N–H and O–H groups in total. The Bertz CT molecular complexity index is 481. The van der Waals surface area contributed by atoms with Crippen molar-refractivity contribution in [2.45, 2.75) is 32.2 Å². The van der Waals surface area contributed by atoms with Crippen LogP contribution in [-0.4, -0.2) is 37.6 Å². The molecule has 5 heteroatoms. The van der Waals surface area contributed by atoms with E-state index < -0.39 is 15.6 Å². The van der Waals surface area contributed by atoms with E-state index in [-0.39, 0.29) is 5.75 Å². The molecule has 4 nitrogen and oxygen atoms in total. The number of benzene rings is 1. The lowest BCUT2D eigenvalue weighted by Crippen LogP contribution is -2.52. The molecule has 108 valence electrons. The number of hydrogen-bond donors (Lipinski definition) is 1. The van der Waals surface area contributed by atoms with Crippen LogP contribution in [0.3, 0.4) is 0 Å². The zero-order valence-corrected chi connectivity index (χ0v) is 12.8. The summed E-state index contributed by atoms with van der Waals surface area (Å²) in [4.78, 5) is 0. The van der Waals surface area contributed by atoms with Crippen molar-refractivity contribution in [2.75, 3.05) is 19.3 Å². The van der Waals surface area contributed by atoms with Crippen LogP contribution < -0.4 is 5.73 Å². The Labute approximate surface area is 116 Å². The van der Waals surface area contributed by atoms with Crippen molar-refractivity contribution in [3.8, 4) is 0 Å². The van der Waals surface area contributed by atoms with E-state index >= 15 is 0 Å². The van der Waals surface area contributed by atoms with Gasteiger partial charge in [-0.2, -0.15) is 4.31 Å². The fourth-order valence-corrected chi connectivity index (χ4v) is 3.50. The third-order valence-electron chi connectivity index (χ3n) is 3.87. The van der Waals surface area contributed by atoms with Crippen molar-refractivity contribution in [3.63, 3.8) is 0 Å². The fourth-order valence-electron chi connectivity index (χ4n) is 1.86. The highest BCUT2D eigenvalue weighted by molar-refractivity contribution is 7.89. The van der Waals surface area contributed by atoms with Gasteiger partial charge in [0.25, 0.3) is 0 Å². The molecule has 0 aliphatic heterocycles. The van der Waals surface area contributed by atoms with E-state index in [1.165, 1.54) is 4.31 Å². The van der Waals surface area contributed by atoms with Gasteiger partial charge in [-0.15, -0.1) is 0 Å². The summed E-state index contributed by atoms with van der Waals surface area (Å²) in [5.74, 6) is 0.114. The Balaban J connectivity index is 2.76. The van der Waals surface area contributed by atoms with Crippen molar-refractivity contribution < 1.29 is 8.42 Å². The van der Waals surface area contributed by atoms with E-state index in [1.54, 1.807) is 7.05 Å². The molecule has 0 spiro atoms. The van der Waals surface area contributed by atoms with Crippen molar-refractivity contribution in [1.82, 2.24) is 4.31 Å². The summed E-state index contributed by atoms with van der Waals surface area (Å²) >= 11 is 0. The maximum Gasteiger partial charge on any atom is 0.214 e. The average molecular weight is 284 g/mol. The molecule has 0 aliphatic carbocycles. The Morgan fingerprint density at radius 1 is 1.26 bits per heavy atom. The molecule has 1 atom stereocenters. The van der Waals surface area contributed by atoms with E-state index in [1.807, 2.05) is 44.2 Å². The molecule has 1 unspecified atom stereocenters. The van der Waals surface area contributed by atoms with Gasteiger partial charge in [-0.1, -0.05) is 37.3 Å². The van der Waals surface area contributed by atoms with Crippen molar-refractivity contribution in [1.29, 1.82) is 0 Å². The molecule has 0 radical (unpaired) electrons. The van der Waals surface area contributed by atoms with Gasteiger partial charge in [0, 0.05) is 19.1 Å². The summed E-state index contributed by atoms with van der Waals surface area (Å²) in [5, 5.41) is 0. The Hall–Kier alpha value is -0.910. The van der Waals surface area contributed by atoms with E-state index in [0.29, 0.717) is 19.4 Å². The normalized spacial score (nSPS) is 15.4. The van der Waals surface area contributed by atoms with Crippen LogP contribution in [0.5, 0.6) is 0 Å². The second kappa shape index (κ2) is 6.50. The smallest absolute Gasteiger partial charge is 0.214 e. The molecule has 0 saturated heterocycles. The standard InChI is InChI=1S/C14H24N2O2S/c1-4-14(2,12-15)16(3)19(17,18)11-10-13-8-6-5-7-9-13/h5-9H,4,10-12,15H2,1-3H3. The number of rotatable bonds is 7. The van der Waals surface area contributed by atoms with Crippen LogP contribution in [-0.2, 0) is 16.4 Å². The minimum absolute atomic E-state index is 0.114. The second-order valence-corrected chi connectivity index (χ2v) is 7.19. The lowest BCUT2D eigenvalue weighted by molar-refractivity contribution is 0.240. The van der Waals surface area contributed by atoms with Crippen LogP contribution in [0, 0.1) is 0 Å². The molecule has 1 rings (SSSR count). The molecular formula is C14H24N2O2S. The molecule has 0 saturated carbocycles. The third kappa shape index (κ3) is 4.03. The van der Waals surface area contributed by atoms with Gasteiger partial charge in [0.05, 0.1) is 5.75 Å². The van der Waals surface area contributed by atoms with Gasteiger partial charge in [0.1, 0.15) is 0 Å². The van der Waals surface area contributed by atoms with Gasteiger partial charge in [0.15, 0.2) is 0 Å². The highest BCUT2D eigenvalue weighted by Crippen LogP contribution is 2.20. The molecule has 0 bridgehead atoms. The number of likely N-dealkylation sites (N-methyl/N-ethyl adjacent to an activating group) is 1. The van der Waals surface area contributed by atoms with Crippen LogP contribution in [0.15, 0.2) is 30.3 Å².